The molecule has 0 aliphatic rings. The van der Waals surface area contributed by atoms with Crippen molar-refractivity contribution in [3.8, 4) is 0 Å². The molecule has 0 aliphatic heterocycles. The van der Waals surface area contributed by atoms with Crippen molar-refractivity contribution in [2.75, 3.05) is 13.6 Å². The Hall–Kier alpha value is -1.42. The highest BCUT2D eigenvalue weighted by Crippen LogP contribution is 2.15. The van der Waals surface area contributed by atoms with Crippen molar-refractivity contribution in [3.05, 3.63) is 35.4 Å². The van der Waals surface area contributed by atoms with Gasteiger partial charge in [-0.15, -0.1) is 0 Å². The van der Waals surface area contributed by atoms with Crippen LogP contribution in [0.15, 0.2) is 24.3 Å². The lowest BCUT2D eigenvalue weighted by atomic mass is 9.96. The Bertz CT molecular complexity index is 460. The third kappa shape index (κ3) is 5.39. The summed E-state index contributed by atoms with van der Waals surface area (Å²) in [6, 6.07) is 7.51. The molecule has 3 nitrogen and oxygen atoms in total. The summed E-state index contributed by atoms with van der Waals surface area (Å²) in [5, 5.41) is 0. The van der Waals surface area contributed by atoms with Crippen molar-refractivity contribution in [2.24, 2.45) is 11.1 Å². The largest absolute Gasteiger partial charge is 0.389 e. The number of amides is 1. The van der Waals surface area contributed by atoms with Crippen molar-refractivity contribution in [3.63, 3.8) is 0 Å². The highest BCUT2D eigenvalue weighted by Gasteiger charge is 2.17. The number of likely N-dealkylation sites (N-methyl/N-ethyl adjacent to an activating group) is 1. The van der Waals surface area contributed by atoms with Gasteiger partial charge in [-0.25, -0.2) is 0 Å². The molecule has 0 aliphatic carbocycles. The Kier molecular flexibility index (Phi) is 5.06. The van der Waals surface area contributed by atoms with E-state index in [9.17, 15) is 4.79 Å². The van der Waals surface area contributed by atoms with Crippen LogP contribution in [0, 0.1) is 5.41 Å². The Morgan fingerprint density at radius 1 is 1.26 bits per heavy atom. The van der Waals surface area contributed by atoms with Crippen LogP contribution in [0.4, 0.5) is 0 Å². The first-order chi connectivity index (χ1) is 8.69. The fourth-order valence-electron chi connectivity index (χ4n) is 1.90. The summed E-state index contributed by atoms with van der Waals surface area (Å²) in [5.74, 6) is 0.123. The molecule has 4 heteroatoms. The molecule has 0 aromatic heterocycles. The van der Waals surface area contributed by atoms with Gasteiger partial charge in [0.25, 0.3) is 0 Å². The number of carbonyl (C=O) groups is 1. The number of hydrogen-bond acceptors (Lipinski definition) is 2. The monoisotopic (exact) mass is 278 g/mol. The van der Waals surface area contributed by atoms with E-state index in [0.717, 1.165) is 17.7 Å². The second-order valence-corrected chi connectivity index (χ2v) is 6.49. The van der Waals surface area contributed by atoms with Gasteiger partial charge in [0.15, 0.2) is 0 Å². The molecule has 0 saturated heterocycles. The summed E-state index contributed by atoms with van der Waals surface area (Å²) in [5.41, 5.74) is 7.46. The molecule has 1 aromatic rings. The van der Waals surface area contributed by atoms with Crippen molar-refractivity contribution in [2.45, 2.75) is 27.2 Å². The van der Waals surface area contributed by atoms with Crippen LogP contribution in [0.25, 0.3) is 0 Å². The lowest BCUT2D eigenvalue weighted by molar-refractivity contribution is -0.130. The van der Waals surface area contributed by atoms with Gasteiger partial charge in [-0.3, -0.25) is 4.79 Å². The minimum Gasteiger partial charge on any atom is -0.389 e. The Morgan fingerprint density at radius 2 is 1.79 bits per heavy atom. The van der Waals surface area contributed by atoms with Gasteiger partial charge < -0.3 is 10.6 Å². The van der Waals surface area contributed by atoms with Crippen molar-refractivity contribution >= 4 is 23.1 Å². The van der Waals surface area contributed by atoms with Crippen LogP contribution in [0.5, 0.6) is 0 Å². The molecule has 104 valence electrons. The average Bonchev–Trinajstić information content (AvgIpc) is 2.27. The zero-order chi connectivity index (χ0) is 14.6. The molecule has 0 heterocycles. The van der Waals surface area contributed by atoms with Gasteiger partial charge in [0.2, 0.25) is 5.91 Å². The van der Waals surface area contributed by atoms with E-state index in [1.54, 1.807) is 4.90 Å². The predicted molar refractivity (Wildman–Crippen MR) is 83.1 cm³/mol. The molecule has 2 N–H and O–H groups in total. The van der Waals surface area contributed by atoms with Crippen molar-refractivity contribution in [1.29, 1.82) is 0 Å². The molecule has 1 amide bonds. The summed E-state index contributed by atoms with van der Waals surface area (Å²) < 4.78 is 0. The molecule has 1 rings (SSSR count). The van der Waals surface area contributed by atoms with E-state index in [0.29, 0.717) is 11.4 Å². The molecular formula is C15H22N2OS. The zero-order valence-electron chi connectivity index (χ0n) is 12.1. The minimum absolute atomic E-state index is 0.111. The summed E-state index contributed by atoms with van der Waals surface area (Å²) in [7, 11) is 1.84. The molecular weight excluding hydrogens is 256 g/mol. The van der Waals surface area contributed by atoms with Gasteiger partial charge in [0.1, 0.15) is 4.99 Å². The lowest BCUT2D eigenvalue weighted by Crippen LogP contribution is -2.35. The Balaban J connectivity index is 2.64. The minimum atomic E-state index is 0.111. The van der Waals surface area contributed by atoms with Gasteiger partial charge in [-0.2, -0.15) is 0 Å². The van der Waals surface area contributed by atoms with Crippen LogP contribution >= 0.6 is 12.2 Å². The molecule has 0 bridgehead atoms. The van der Waals surface area contributed by atoms with E-state index in [4.69, 9.17) is 18.0 Å². The van der Waals surface area contributed by atoms with Gasteiger partial charge in [-0.1, -0.05) is 57.3 Å². The van der Waals surface area contributed by atoms with Crippen LogP contribution < -0.4 is 5.73 Å². The summed E-state index contributed by atoms with van der Waals surface area (Å²) >= 11 is 4.90. The third-order valence-corrected chi connectivity index (χ3v) is 2.97. The topological polar surface area (TPSA) is 46.3 Å². The number of nitrogens with two attached hydrogens (primary N) is 1. The molecule has 0 spiro atoms. The maximum Gasteiger partial charge on any atom is 0.226 e. The number of nitrogens with zero attached hydrogens (tertiary/aromatic N) is 1. The van der Waals surface area contributed by atoms with Crippen LogP contribution in [-0.4, -0.2) is 29.4 Å². The van der Waals surface area contributed by atoms with Gasteiger partial charge in [0.05, 0.1) is 6.42 Å². The van der Waals surface area contributed by atoms with Crippen LogP contribution in [0.3, 0.4) is 0 Å². The molecule has 0 unspecified atom stereocenters. The smallest absolute Gasteiger partial charge is 0.226 e. The fraction of sp³-hybridized carbons (Fsp3) is 0.467. The van der Waals surface area contributed by atoms with Gasteiger partial charge in [-0.05, 0) is 11.0 Å². The highest BCUT2D eigenvalue weighted by atomic mass is 32.1. The molecule has 19 heavy (non-hydrogen) atoms. The van der Waals surface area contributed by atoms with Crippen molar-refractivity contribution in [1.82, 2.24) is 4.90 Å². The number of benzene rings is 1. The highest BCUT2D eigenvalue weighted by molar-refractivity contribution is 7.80. The van der Waals surface area contributed by atoms with E-state index in [2.05, 4.69) is 20.8 Å². The first-order valence-corrected chi connectivity index (χ1v) is 6.72. The van der Waals surface area contributed by atoms with E-state index in [1.807, 2.05) is 31.3 Å². The SMILES string of the molecule is CN(CC(C)(C)C)C(=O)Cc1ccc(C(N)=S)cc1. The van der Waals surface area contributed by atoms with Gasteiger partial charge >= 0.3 is 0 Å². The van der Waals surface area contributed by atoms with E-state index < -0.39 is 0 Å². The van der Waals surface area contributed by atoms with E-state index in [1.165, 1.54) is 0 Å². The number of hydrogen-bond donors (Lipinski definition) is 1. The third-order valence-electron chi connectivity index (χ3n) is 2.73. The van der Waals surface area contributed by atoms with Gasteiger partial charge in [0, 0.05) is 19.2 Å². The Labute approximate surface area is 120 Å². The van der Waals surface area contributed by atoms with Crippen LogP contribution in [-0.2, 0) is 11.2 Å². The molecule has 0 atom stereocenters. The predicted octanol–water partition coefficient (Wildman–Crippen LogP) is 2.37. The summed E-state index contributed by atoms with van der Waals surface area (Å²) in [4.78, 5) is 14.2. The second kappa shape index (κ2) is 6.15. The lowest BCUT2D eigenvalue weighted by Gasteiger charge is -2.26. The maximum atomic E-state index is 12.1. The standard InChI is InChI=1S/C15H22N2OS/c1-15(2,3)10-17(4)13(18)9-11-5-7-12(8-6-11)14(16)19/h5-8H,9-10H2,1-4H3,(H2,16,19). The zero-order valence-corrected chi connectivity index (χ0v) is 12.9. The normalized spacial score (nSPS) is 11.2. The summed E-state index contributed by atoms with van der Waals surface area (Å²) in [6.07, 6.45) is 0.407. The first kappa shape index (κ1) is 15.6. The van der Waals surface area contributed by atoms with Crippen molar-refractivity contribution < 1.29 is 4.79 Å². The summed E-state index contributed by atoms with van der Waals surface area (Å²) in [6.45, 7) is 7.10. The first-order valence-electron chi connectivity index (χ1n) is 6.32. The van der Waals surface area contributed by atoms with E-state index in [-0.39, 0.29) is 11.3 Å². The van der Waals surface area contributed by atoms with E-state index >= 15 is 0 Å². The fourth-order valence-corrected chi connectivity index (χ4v) is 2.03. The molecule has 1 aromatic carbocycles. The molecule has 0 fully saturated rings. The van der Waals surface area contributed by atoms with Crippen LogP contribution in [0.1, 0.15) is 31.9 Å². The Morgan fingerprint density at radius 3 is 2.21 bits per heavy atom. The second-order valence-electron chi connectivity index (χ2n) is 6.05. The maximum absolute atomic E-state index is 12.1. The average molecular weight is 278 g/mol. The number of thiocarbonyl (C=S) groups is 1. The molecule has 0 saturated carbocycles. The number of carbonyl (C=O) groups excluding carboxylic acids is 1. The van der Waals surface area contributed by atoms with Crippen LogP contribution in [0.2, 0.25) is 0 Å². The quantitative estimate of drug-likeness (QED) is 0.860. The number of rotatable bonds is 4. The molecule has 0 radical (unpaired) electrons.